The minimum Gasteiger partial charge on any atom is -0.352 e. The molecule has 158 valence electrons. The number of carbonyl (C=O) groups is 1. The molecule has 3 aromatic rings. The molecule has 3 N–H and O–H groups in total. The molecule has 1 amide bonds. The summed E-state index contributed by atoms with van der Waals surface area (Å²) in [5.41, 5.74) is 0.714. The maximum Gasteiger partial charge on any atom is 0.435 e. The van der Waals surface area contributed by atoms with Crippen molar-refractivity contribution in [3.63, 3.8) is 0 Å². The molecule has 0 spiro atoms. The molecule has 2 aromatic carbocycles. The molecule has 5 nitrogen and oxygen atoms in total. The Kier molecular flexibility index (Phi) is 6.84. The SMILES string of the molecule is CCCCNC(=O)c1ccc(-c2cc(C(F)(F)F)nn2-c2ccc(SN)cc2)cc1. The summed E-state index contributed by atoms with van der Waals surface area (Å²) in [4.78, 5) is 12.9. The van der Waals surface area contributed by atoms with E-state index >= 15 is 0 Å². The van der Waals surface area contributed by atoms with Crippen LogP contribution in [-0.4, -0.2) is 22.2 Å². The molecule has 0 aliphatic rings. The lowest BCUT2D eigenvalue weighted by Crippen LogP contribution is -2.24. The van der Waals surface area contributed by atoms with E-state index in [2.05, 4.69) is 10.4 Å². The monoisotopic (exact) mass is 434 g/mol. The predicted molar refractivity (Wildman–Crippen MR) is 111 cm³/mol. The molecular weight excluding hydrogens is 413 g/mol. The number of nitrogens with two attached hydrogens (primary N) is 1. The van der Waals surface area contributed by atoms with Gasteiger partial charge in [0, 0.05) is 22.6 Å². The van der Waals surface area contributed by atoms with E-state index in [9.17, 15) is 18.0 Å². The average molecular weight is 434 g/mol. The van der Waals surface area contributed by atoms with Crippen LogP contribution in [0.4, 0.5) is 13.2 Å². The lowest BCUT2D eigenvalue weighted by molar-refractivity contribution is -0.141. The minimum atomic E-state index is -4.58. The van der Waals surface area contributed by atoms with Crippen molar-refractivity contribution < 1.29 is 18.0 Å². The van der Waals surface area contributed by atoms with Gasteiger partial charge in [-0.05, 0) is 60.8 Å². The molecule has 1 heterocycles. The third kappa shape index (κ3) is 5.03. The number of hydrogen-bond donors (Lipinski definition) is 2. The summed E-state index contributed by atoms with van der Waals surface area (Å²) in [6.45, 7) is 2.61. The Hall–Kier alpha value is -2.78. The first-order valence-corrected chi connectivity index (χ1v) is 10.2. The first kappa shape index (κ1) is 21.9. The van der Waals surface area contributed by atoms with Crippen molar-refractivity contribution in [3.05, 3.63) is 65.9 Å². The number of halogens is 3. The van der Waals surface area contributed by atoms with Gasteiger partial charge in [-0.2, -0.15) is 18.3 Å². The maximum atomic E-state index is 13.3. The van der Waals surface area contributed by atoms with Gasteiger partial charge in [0.05, 0.1) is 11.4 Å². The molecule has 9 heteroatoms. The summed E-state index contributed by atoms with van der Waals surface area (Å²) < 4.78 is 41.1. The average Bonchev–Trinajstić information content (AvgIpc) is 3.20. The Balaban J connectivity index is 1.95. The number of nitrogens with one attached hydrogen (secondary N) is 1. The molecule has 0 unspecified atom stereocenters. The van der Waals surface area contributed by atoms with Crippen LogP contribution in [0.15, 0.2) is 59.5 Å². The maximum absolute atomic E-state index is 13.3. The van der Waals surface area contributed by atoms with E-state index in [0.717, 1.165) is 35.8 Å². The Morgan fingerprint density at radius 2 is 1.80 bits per heavy atom. The second-order valence-corrected chi connectivity index (χ2v) is 7.33. The summed E-state index contributed by atoms with van der Waals surface area (Å²) in [5, 5.41) is 12.1. The smallest absolute Gasteiger partial charge is 0.352 e. The number of unbranched alkanes of at least 4 members (excludes halogenated alkanes) is 1. The lowest BCUT2D eigenvalue weighted by atomic mass is 10.1. The highest BCUT2D eigenvalue weighted by molar-refractivity contribution is 7.97. The Morgan fingerprint density at radius 1 is 1.13 bits per heavy atom. The van der Waals surface area contributed by atoms with Gasteiger partial charge in [-0.1, -0.05) is 25.5 Å². The first-order valence-electron chi connectivity index (χ1n) is 9.36. The quantitative estimate of drug-likeness (QED) is 0.403. The van der Waals surface area contributed by atoms with E-state index in [0.29, 0.717) is 23.4 Å². The van der Waals surface area contributed by atoms with Gasteiger partial charge < -0.3 is 5.32 Å². The molecule has 0 saturated carbocycles. The van der Waals surface area contributed by atoms with Gasteiger partial charge in [0.25, 0.3) is 5.91 Å². The van der Waals surface area contributed by atoms with Gasteiger partial charge in [-0.3, -0.25) is 9.93 Å². The first-order chi connectivity index (χ1) is 14.3. The highest BCUT2D eigenvalue weighted by Crippen LogP contribution is 2.33. The Morgan fingerprint density at radius 3 is 2.37 bits per heavy atom. The zero-order valence-electron chi connectivity index (χ0n) is 16.2. The zero-order chi connectivity index (χ0) is 21.7. The summed E-state index contributed by atoms with van der Waals surface area (Å²) in [6, 6.07) is 14.2. The van der Waals surface area contributed by atoms with E-state index in [1.165, 1.54) is 4.68 Å². The highest BCUT2D eigenvalue weighted by Gasteiger charge is 2.35. The largest absolute Gasteiger partial charge is 0.435 e. The van der Waals surface area contributed by atoms with Gasteiger partial charge in [0.15, 0.2) is 5.69 Å². The lowest BCUT2D eigenvalue weighted by Gasteiger charge is -2.09. The van der Waals surface area contributed by atoms with Gasteiger partial charge in [0.2, 0.25) is 0 Å². The van der Waals surface area contributed by atoms with Crippen molar-refractivity contribution in [1.82, 2.24) is 15.1 Å². The molecule has 0 aliphatic heterocycles. The fraction of sp³-hybridized carbons (Fsp3) is 0.238. The fourth-order valence-electron chi connectivity index (χ4n) is 2.86. The molecule has 0 saturated heterocycles. The van der Waals surface area contributed by atoms with Crippen LogP contribution >= 0.6 is 11.9 Å². The van der Waals surface area contributed by atoms with E-state index in [1.807, 2.05) is 6.92 Å². The number of nitrogens with zero attached hydrogens (tertiary/aromatic N) is 2. The van der Waals surface area contributed by atoms with Gasteiger partial charge in [-0.15, -0.1) is 0 Å². The van der Waals surface area contributed by atoms with Crippen LogP contribution in [0.2, 0.25) is 0 Å². The summed E-state index contributed by atoms with van der Waals surface area (Å²) in [6.07, 6.45) is -2.73. The molecule has 0 fully saturated rings. The molecule has 1 aromatic heterocycles. The van der Waals surface area contributed by atoms with Crippen LogP contribution in [-0.2, 0) is 6.18 Å². The zero-order valence-corrected chi connectivity index (χ0v) is 17.1. The molecule has 3 rings (SSSR count). The molecule has 0 atom stereocenters. The van der Waals surface area contributed by atoms with Crippen LogP contribution in [0.1, 0.15) is 35.8 Å². The van der Waals surface area contributed by atoms with Crippen molar-refractivity contribution in [2.75, 3.05) is 6.54 Å². The van der Waals surface area contributed by atoms with Crippen LogP contribution in [0.25, 0.3) is 16.9 Å². The molecular formula is C21H21F3N4OS. The topological polar surface area (TPSA) is 72.9 Å². The van der Waals surface area contributed by atoms with Gasteiger partial charge >= 0.3 is 6.18 Å². The number of rotatable bonds is 7. The summed E-state index contributed by atoms with van der Waals surface area (Å²) in [5.74, 6) is -0.214. The number of benzene rings is 2. The van der Waals surface area contributed by atoms with Crippen LogP contribution in [0, 0.1) is 0 Å². The van der Waals surface area contributed by atoms with Crippen molar-refractivity contribution in [3.8, 4) is 16.9 Å². The van der Waals surface area contributed by atoms with Gasteiger partial charge in [-0.25, -0.2) is 4.68 Å². The van der Waals surface area contributed by atoms with Crippen LogP contribution in [0.3, 0.4) is 0 Å². The number of hydrogen-bond acceptors (Lipinski definition) is 4. The third-order valence-electron chi connectivity index (χ3n) is 4.48. The van der Waals surface area contributed by atoms with E-state index in [4.69, 9.17) is 5.14 Å². The number of alkyl halides is 3. The van der Waals surface area contributed by atoms with Crippen molar-refractivity contribution in [2.45, 2.75) is 30.8 Å². The fourth-order valence-corrected chi connectivity index (χ4v) is 3.15. The Bertz CT molecular complexity index is 999. The summed E-state index contributed by atoms with van der Waals surface area (Å²) >= 11 is 1.05. The van der Waals surface area contributed by atoms with Crippen LogP contribution in [0.5, 0.6) is 0 Å². The predicted octanol–water partition coefficient (Wildman–Crippen LogP) is 5.05. The number of carbonyl (C=O) groups excluding carboxylic acids is 1. The molecule has 0 radical (unpaired) electrons. The second kappa shape index (κ2) is 9.36. The Labute approximate surface area is 176 Å². The summed E-state index contributed by atoms with van der Waals surface area (Å²) in [7, 11) is 0. The van der Waals surface area contributed by atoms with E-state index < -0.39 is 11.9 Å². The van der Waals surface area contributed by atoms with E-state index in [-0.39, 0.29) is 11.6 Å². The molecule has 0 aliphatic carbocycles. The number of amides is 1. The number of aromatic nitrogens is 2. The van der Waals surface area contributed by atoms with Gasteiger partial charge in [0.1, 0.15) is 0 Å². The highest BCUT2D eigenvalue weighted by atomic mass is 32.2. The second-order valence-electron chi connectivity index (χ2n) is 6.62. The molecule has 30 heavy (non-hydrogen) atoms. The van der Waals surface area contributed by atoms with Crippen molar-refractivity contribution >= 4 is 17.9 Å². The standard InChI is InChI=1S/C21H21F3N4OS/c1-2-3-12-26-20(29)15-6-4-14(5-7-15)18-13-19(21(22,23)24)27-28(18)16-8-10-17(30-25)11-9-16/h4-11,13H,2-3,12,25H2,1H3,(H,26,29). The third-order valence-corrected chi connectivity index (χ3v) is 5.02. The normalized spacial score (nSPS) is 11.5. The minimum absolute atomic E-state index is 0.214. The van der Waals surface area contributed by atoms with Crippen molar-refractivity contribution in [2.24, 2.45) is 5.14 Å². The van der Waals surface area contributed by atoms with E-state index in [1.54, 1.807) is 48.5 Å². The molecule has 0 bridgehead atoms. The van der Waals surface area contributed by atoms with Crippen LogP contribution < -0.4 is 10.5 Å². The van der Waals surface area contributed by atoms with Crippen molar-refractivity contribution in [1.29, 1.82) is 0 Å².